The van der Waals surface area contributed by atoms with Crippen molar-refractivity contribution in [2.24, 2.45) is 0 Å². The van der Waals surface area contributed by atoms with Crippen molar-refractivity contribution in [3.8, 4) is 11.5 Å². The smallest absolute Gasteiger partial charge is 0.179 e. The molecule has 1 fully saturated rings. The first-order valence-electron chi connectivity index (χ1n) is 9.15. The van der Waals surface area contributed by atoms with Crippen LogP contribution in [0.2, 0.25) is 0 Å². The van der Waals surface area contributed by atoms with Gasteiger partial charge in [-0.1, -0.05) is 22.0 Å². The monoisotopic (exact) mass is 451 g/mol. The predicted octanol–water partition coefficient (Wildman–Crippen LogP) is 3.83. The zero-order valence-corrected chi connectivity index (χ0v) is 17.3. The van der Waals surface area contributed by atoms with Gasteiger partial charge < -0.3 is 9.47 Å². The third-order valence-corrected chi connectivity index (χ3v) is 7.37. The van der Waals surface area contributed by atoms with Crippen molar-refractivity contribution in [2.45, 2.75) is 23.8 Å². The predicted molar refractivity (Wildman–Crippen MR) is 107 cm³/mol. The molecule has 1 atom stereocenters. The molecule has 27 heavy (non-hydrogen) atoms. The summed E-state index contributed by atoms with van der Waals surface area (Å²) in [4.78, 5) is 2.64. The van der Waals surface area contributed by atoms with Crippen molar-refractivity contribution in [3.63, 3.8) is 0 Å². The molecule has 0 radical (unpaired) electrons. The molecule has 144 valence electrons. The summed E-state index contributed by atoms with van der Waals surface area (Å²) in [5.74, 6) is 1.69. The zero-order valence-electron chi connectivity index (χ0n) is 14.9. The van der Waals surface area contributed by atoms with Gasteiger partial charge in [-0.25, -0.2) is 8.42 Å². The average Bonchev–Trinajstić information content (AvgIpc) is 3.15. The fraction of sp³-hybridized carbons (Fsp3) is 0.400. The molecule has 0 amide bonds. The standard InChI is InChI=1S/C20H22BrNO4S/c21-16-4-6-17(7-5-16)27(23,24)13-10-22-9-1-2-18(22)15-3-8-19-20(14-15)26-12-11-25-19/h3-8,14,18H,1-2,9-13H2. The van der Waals surface area contributed by atoms with Gasteiger partial charge >= 0.3 is 0 Å². The molecule has 0 aliphatic carbocycles. The Morgan fingerprint density at radius 1 is 1.04 bits per heavy atom. The van der Waals surface area contributed by atoms with Gasteiger partial charge in [0, 0.05) is 17.1 Å². The van der Waals surface area contributed by atoms with Crippen LogP contribution in [0.1, 0.15) is 24.4 Å². The van der Waals surface area contributed by atoms with E-state index in [1.807, 2.05) is 12.1 Å². The summed E-state index contributed by atoms with van der Waals surface area (Å²) >= 11 is 3.34. The van der Waals surface area contributed by atoms with Crippen molar-refractivity contribution < 1.29 is 17.9 Å². The summed E-state index contributed by atoms with van der Waals surface area (Å²) in [6, 6.07) is 13.1. The maximum absolute atomic E-state index is 12.7. The van der Waals surface area contributed by atoms with E-state index >= 15 is 0 Å². The van der Waals surface area contributed by atoms with Crippen LogP contribution in [0.25, 0.3) is 0 Å². The van der Waals surface area contributed by atoms with E-state index < -0.39 is 9.84 Å². The van der Waals surface area contributed by atoms with Gasteiger partial charge in [0.1, 0.15) is 13.2 Å². The van der Waals surface area contributed by atoms with Gasteiger partial charge in [0.15, 0.2) is 21.3 Å². The minimum atomic E-state index is -3.29. The molecule has 4 rings (SSSR count). The van der Waals surface area contributed by atoms with Gasteiger partial charge in [-0.2, -0.15) is 0 Å². The summed E-state index contributed by atoms with van der Waals surface area (Å²) in [6.07, 6.45) is 2.09. The van der Waals surface area contributed by atoms with E-state index in [2.05, 4.69) is 26.9 Å². The van der Waals surface area contributed by atoms with Crippen LogP contribution in [-0.4, -0.2) is 45.4 Å². The molecule has 2 aliphatic heterocycles. The molecule has 2 aromatic rings. The molecular formula is C20H22BrNO4S. The molecule has 2 aromatic carbocycles. The Kier molecular flexibility index (Phi) is 5.43. The van der Waals surface area contributed by atoms with Crippen molar-refractivity contribution in [3.05, 3.63) is 52.5 Å². The number of hydrogen-bond acceptors (Lipinski definition) is 5. The van der Waals surface area contributed by atoms with Crippen molar-refractivity contribution >= 4 is 25.8 Å². The molecular weight excluding hydrogens is 430 g/mol. The average molecular weight is 452 g/mol. The first-order valence-corrected chi connectivity index (χ1v) is 11.6. The Balaban J connectivity index is 1.46. The molecule has 1 unspecified atom stereocenters. The third-order valence-electron chi connectivity index (χ3n) is 5.13. The number of ether oxygens (including phenoxy) is 2. The number of nitrogens with zero attached hydrogens (tertiary/aromatic N) is 1. The second-order valence-corrected chi connectivity index (χ2v) is 9.89. The lowest BCUT2D eigenvalue weighted by Gasteiger charge is -2.26. The van der Waals surface area contributed by atoms with Crippen molar-refractivity contribution in [2.75, 3.05) is 32.1 Å². The van der Waals surface area contributed by atoms with E-state index in [4.69, 9.17) is 9.47 Å². The molecule has 2 aliphatic rings. The quantitative estimate of drug-likeness (QED) is 0.691. The molecule has 0 saturated carbocycles. The highest BCUT2D eigenvalue weighted by Gasteiger charge is 2.28. The highest BCUT2D eigenvalue weighted by molar-refractivity contribution is 9.10. The van der Waals surface area contributed by atoms with Gasteiger partial charge in [-0.3, -0.25) is 4.90 Å². The molecule has 1 saturated heterocycles. The number of rotatable bonds is 5. The van der Waals surface area contributed by atoms with Crippen LogP contribution in [0.4, 0.5) is 0 Å². The number of sulfone groups is 1. The van der Waals surface area contributed by atoms with Gasteiger partial charge in [0.2, 0.25) is 0 Å². The Morgan fingerprint density at radius 2 is 1.78 bits per heavy atom. The van der Waals surface area contributed by atoms with Crippen LogP contribution >= 0.6 is 15.9 Å². The lowest BCUT2D eigenvalue weighted by molar-refractivity contribution is 0.170. The zero-order chi connectivity index (χ0) is 18.9. The topological polar surface area (TPSA) is 55.8 Å². The van der Waals surface area contributed by atoms with Crippen LogP contribution in [0.3, 0.4) is 0 Å². The van der Waals surface area contributed by atoms with Crippen molar-refractivity contribution in [1.29, 1.82) is 0 Å². The van der Waals surface area contributed by atoms with E-state index in [0.717, 1.165) is 40.9 Å². The lowest BCUT2D eigenvalue weighted by Crippen LogP contribution is -2.29. The summed E-state index contributed by atoms with van der Waals surface area (Å²) in [5, 5.41) is 0. The van der Waals surface area contributed by atoms with Crippen LogP contribution in [-0.2, 0) is 9.84 Å². The normalized spacial score (nSPS) is 20.0. The van der Waals surface area contributed by atoms with Crippen LogP contribution in [0.5, 0.6) is 11.5 Å². The van der Waals surface area contributed by atoms with E-state index in [0.29, 0.717) is 24.7 Å². The van der Waals surface area contributed by atoms with Crippen LogP contribution in [0.15, 0.2) is 51.8 Å². The maximum atomic E-state index is 12.7. The van der Waals surface area contributed by atoms with Gasteiger partial charge in [0.05, 0.1) is 10.6 Å². The molecule has 5 nitrogen and oxygen atoms in total. The molecule has 0 N–H and O–H groups in total. The molecule has 7 heteroatoms. The lowest BCUT2D eigenvalue weighted by atomic mass is 10.0. The molecule has 0 aromatic heterocycles. The second kappa shape index (κ2) is 7.81. The van der Waals surface area contributed by atoms with E-state index in [1.54, 1.807) is 24.3 Å². The largest absolute Gasteiger partial charge is 0.486 e. The summed E-state index contributed by atoms with van der Waals surface area (Å²) in [6.45, 7) is 2.58. The van der Waals surface area contributed by atoms with Gasteiger partial charge in [0.25, 0.3) is 0 Å². The van der Waals surface area contributed by atoms with Gasteiger partial charge in [-0.15, -0.1) is 0 Å². The summed E-state index contributed by atoms with van der Waals surface area (Å²) < 4.78 is 37.5. The number of fused-ring (bicyclic) bond motifs is 1. The SMILES string of the molecule is O=S(=O)(CCN1CCCC1c1ccc2c(c1)OCCO2)c1ccc(Br)cc1. The highest BCUT2D eigenvalue weighted by Crippen LogP contribution is 2.38. The first kappa shape index (κ1) is 18.8. The fourth-order valence-corrected chi connectivity index (χ4v) is 5.26. The Morgan fingerprint density at radius 3 is 2.56 bits per heavy atom. The Hall–Kier alpha value is -1.57. The van der Waals surface area contributed by atoms with E-state index in [9.17, 15) is 8.42 Å². The number of halogens is 1. The van der Waals surface area contributed by atoms with Gasteiger partial charge in [-0.05, 0) is 61.3 Å². The molecule has 0 spiro atoms. The number of likely N-dealkylation sites (tertiary alicyclic amines) is 1. The molecule has 0 bridgehead atoms. The first-order chi connectivity index (χ1) is 13.0. The fourth-order valence-electron chi connectivity index (χ4n) is 3.74. The van der Waals surface area contributed by atoms with Crippen LogP contribution in [0, 0.1) is 0 Å². The summed E-state index contributed by atoms with van der Waals surface area (Å²) in [7, 11) is -3.29. The molecule has 2 heterocycles. The minimum absolute atomic E-state index is 0.121. The Bertz CT molecular complexity index is 914. The Labute approximate surface area is 168 Å². The second-order valence-electron chi connectivity index (χ2n) is 6.87. The van der Waals surface area contributed by atoms with Crippen molar-refractivity contribution in [1.82, 2.24) is 4.90 Å². The summed E-state index contributed by atoms with van der Waals surface area (Å²) in [5.41, 5.74) is 1.16. The number of hydrogen-bond donors (Lipinski definition) is 0. The minimum Gasteiger partial charge on any atom is -0.486 e. The van der Waals surface area contributed by atoms with Crippen LogP contribution < -0.4 is 9.47 Å². The third kappa shape index (κ3) is 4.15. The maximum Gasteiger partial charge on any atom is 0.179 e. The number of benzene rings is 2. The van der Waals surface area contributed by atoms with E-state index in [1.165, 1.54) is 0 Å². The van der Waals surface area contributed by atoms with E-state index in [-0.39, 0.29) is 11.8 Å². The highest BCUT2D eigenvalue weighted by atomic mass is 79.9.